The van der Waals surface area contributed by atoms with Crippen LogP contribution in [0.2, 0.25) is 0 Å². The molecule has 60 valence electrons. The van der Waals surface area contributed by atoms with Crippen LogP contribution in [0, 0.1) is 0 Å². The monoisotopic (exact) mass is 179 g/mol. The van der Waals surface area contributed by atoms with E-state index in [0.29, 0.717) is 5.91 Å². The highest BCUT2D eigenvalue weighted by Crippen LogP contribution is 2.07. The van der Waals surface area contributed by atoms with Crippen LogP contribution in [0.4, 0.5) is 0 Å². The van der Waals surface area contributed by atoms with Crippen molar-refractivity contribution in [1.82, 2.24) is 4.90 Å². The third-order valence-electron chi connectivity index (χ3n) is 1.55. The molecule has 1 amide bonds. The standard InChI is InChI=1S/C6H11NO.H2S2/c1-2-7-5-3-4-6(7)8;1-2/h2-5H2,1H3;1-2H. The molecular formula is C6H13NOS2. The van der Waals surface area contributed by atoms with E-state index in [4.69, 9.17) is 0 Å². The van der Waals surface area contributed by atoms with Crippen molar-refractivity contribution in [3.8, 4) is 0 Å². The van der Waals surface area contributed by atoms with Gasteiger partial charge in [-0.25, -0.2) is 0 Å². The van der Waals surface area contributed by atoms with Crippen molar-refractivity contribution in [2.24, 2.45) is 0 Å². The first-order chi connectivity index (χ1) is 4.84. The van der Waals surface area contributed by atoms with E-state index in [-0.39, 0.29) is 0 Å². The van der Waals surface area contributed by atoms with Gasteiger partial charge in [-0.15, -0.1) is 23.3 Å². The van der Waals surface area contributed by atoms with Gasteiger partial charge in [-0.1, -0.05) is 0 Å². The molecule has 1 saturated heterocycles. The summed E-state index contributed by atoms with van der Waals surface area (Å²) in [4.78, 5) is 12.6. The molecule has 0 saturated carbocycles. The Morgan fingerprint density at radius 3 is 2.40 bits per heavy atom. The highest BCUT2D eigenvalue weighted by Gasteiger charge is 2.16. The Kier molecular flexibility index (Phi) is 6.02. The minimum absolute atomic E-state index is 0.326. The van der Waals surface area contributed by atoms with E-state index in [0.717, 1.165) is 25.9 Å². The molecule has 0 unspecified atom stereocenters. The largest absolute Gasteiger partial charge is 0.343 e. The number of nitrogens with zero attached hydrogens (tertiary/aromatic N) is 1. The number of carbonyl (C=O) groups excluding carboxylic acids is 1. The van der Waals surface area contributed by atoms with E-state index in [2.05, 4.69) is 23.3 Å². The first-order valence-corrected chi connectivity index (χ1v) is 4.92. The summed E-state index contributed by atoms with van der Waals surface area (Å²) < 4.78 is 0. The summed E-state index contributed by atoms with van der Waals surface area (Å²) in [5.41, 5.74) is 0. The number of hydrogen-bond acceptors (Lipinski definition) is 3. The molecule has 0 aromatic rings. The fourth-order valence-corrected chi connectivity index (χ4v) is 1.04. The third kappa shape index (κ3) is 2.84. The molecule has 0 radical (unpaired) electrons. The number of rotatable bonds is 1. The van der Waals surface area contributed by atoms with Gasteiger partial charge in [-0.2, -0.15) is 0 Å². The predicted octanol–water partition coefficient (Wildman–Crippen LogP) is 1.39. The van der Waals surface area contributed by atoms with Crippen molar-refractivity contribution in [1.29, 1.82) is 0 Å². The van der Waals surface area contributed by atoms with Crippen LogP contribution >= 0.6 is 23.3 Å². The minimum atomic E-state index is 0.326. The third-order valence-corrected chi connectivity index (χ3v) is 1.55. The summed E-state index contributed by atoms with van der Waals surface area (Å²) in [6.45, 7) is 3.89. The molecule has 1 aliphatic heterocycles. The van der Waals surface area contributed by atoms with E-state index in [1.807, 2.05) is 11.8 Å². The van der Waals surface area contributed by atoms with Crippen molar-refractivity contribution < 1.29 is 4.79 Å². The van der Waals surface area contributed by atoms with Crippen LogP contribution in [0.5, 0.6) is 0 Å². The molecule has 0 N–H and O–H groups in total. The fraction of sp³-hybridized carbons (Fsp3) is 0.833. The van der Waals surface area contributed by atoms with E-state index >= 15 is 0 Å². The second kappa shape index (κ2) is 5.92. The number of hydrogen-bond donors (Lipinski definition) is 2. The maximum atomic E-state index is 10.7. The number of carbonyl (C=O) groups is 1. The minimum Gasteiger partial charge on any atom is -0.343 e. The highest BCUT2D eigenvalue weighted by molar-refractivity contribution is 8.59. The van der Waals surface area contributed by atoms with Crippen LogP contribution in [0.3, 0.4) is 0 Å². The van der Waals surface area contributed by atoms with Crippen molar-refractivity contribution in [2.45, 2.75) is 19.8 Å². The van der Waals surface area contributed by atoms with Gasteiger partial charge in [0.15, 0.2) is 0 Å². The van der Waals surface area contributed by atoms with Crippen molar-refractivity contribution in [3.05, 3.63) is 0 Å². The average molecular weight is 179 g/mol. The lowest BCUT2D eigenvalue weighted by atomic mass is 10.4. The summed E-state index contributed by atoms with van der Waals surface area (Å²) in [7, 11) is 0. The molecule has 10 heavy (non-hydrogen) atoms. The van der Waals surface area contributed by atoms with Gasteiger partial charge in [-0.3, -0.25) is 4.79 Å². The lowest BCUT2D eigenvalue weighted by Gasteiger charge is -2.10. The van der Waals surface area contributed by atoms with Gasteiger partial charge in [0.1, 0.15) is 0 Å². The molecule has 0 aliphatic carbocycles. The summed E-state index contributed by atoms with van der Waals surface area (Å²) in [5.74, 6) is 0.326. The van der Waals surface area contributed by atoms with Crippen molar-refractivity contribution in [2.75, 3.05) is 13.1 Å². The molecule has 0 atom stereocenters. The van der Waals surface area contributed by atoms with E-state index < -0.39 is 0 Å². The smallest absolute Gasteiger partial charge is 0.222 e. The van der Waals surface area contributed by atoms with Crippen LogP contribution in [0.1, 0.15) is 19.8 Å². The van der Waals surface area contributed by atoms with Crippen LogP contribution < -0.4 is 0 Å². The fourth-order valence-electron chi connectivity index (χ4n) is 1.04. The van der Waals surface area contributed by atoms with Crippen molar-refractivity contribution in [3.63, 3.8) is 0 Å². The second-order valence-electron chi connectivity index (χ2n) is 2.08. The van der Waals surface area contributed by atoms with Gasteiger partial charge in [0.2, 0.25) is 5.91 Å². The van der Waals surface area contributed by atoms with Crippen LogP contribution in [-0.4, -0.2) is 23.9 Å². The van der Waals surface area contributed by atoms with Gasteiger partial charge >= 0.3 is 0 Å². The Labute approximate surface area is 72.2 Å². The summed E-state index contributed by atoms with van der Waals surface area (Å²) in [6, 6.07) is 0. The zero-order chi connectivity index (χ0) is 7.98. The van der Waals surface area contributed by atoms with E-state index in [1.54, 1.807) is 0 Å². The highest BCUT2D eigenvalue weighted by atomic mass is 33.1. The van der Waals surface area contributed by atoms with Crippen molar-refractivity contribution >= 4 is 29.2 Å². The molecule has 0 spiro atoms. The molecule has 1 aliphatic rings. The first-order valence-electron chi connectivity index (χ1n) is 3.32. The molecule has 4 heteroatoms. The topological polar surface area (TPSA) is 20.3 Å². The van der Waals surface area contributed by atoms with E-state index in [1.165, 1.54) is 0 Å². The SMILES string of the molecule is CCN1CCCC1=O.SS. The molecule has 0 bridgehead atoms. The zero-order valence-electron chi connectivity index (χ0n) is 6.08. The Balaban J connectivity index is 0.000000371. The van der Waals surface area contributed by atoms with Gasteiger partial charge in [0.05, 0.1) is 0 Å². The Hall–Kier alpha value is 0.170. The quantitative estimate of drug-likeness (QED) is 0.460. The number of amides is 1. The Morgan fingerprint density at radius 2 is 2.20 bits per heavy atom. The van der Waals surface area contributed by atoms with Crippen LogP contribution in [-0.2, 0) is 4.79 Å². The molecule has 1 rings (SSSR count). The first kappa shape index (κ1) is 10.2. The summed E-state index contributed by atoms with van der Waals surface area (Å²) >= 11 is 6.44. The average Bonchev–Trinajstić information content (AvgIpc) is 2.39. The molecule has 2 nitrogen and oxygen atoms in total. The van der Waals surface area contributed by atoms with Gasteiger partial charge in [0, 0.05) is 19.5 Å². The number of likely N-dealkylation sites (tertiary alicyclic amines) is 1. The van der Waals surface area contributed by atoms with E-state index in [9.17, 15) is 4.79 Å². The summed E-state index contributed by atoms with van der Waals surface area (Å²) in [6.07, 6.45) is 1.83. The molecule has 1 fully saturated rings. The molecular weight excluding hydrogens is 166 g/mol. The lowest BCUT2D eigenvalue weighted by Crippen LogP contribution is -2.23. The maximum Gasteiger partial charge on any atom is 0.222 e. The number of thiol groups is 2. The molecule has 0 aromatic heterocycles. The second-order valence-corrected chi connectivity index (χ2v) is 2.08. The lowest BCUT2D eigenvalue weighted by molar-refractivity contribution is -0.127. The summed E-state index contributed by atoms with van der Waals surface area (Å²) in [5, 5.41) is 0. The van der Waals surface area contributed by atoms with Gasteiger partial charge in [0.25, 0.3) is 0 Å². The normalized spacial score (nSPS) is 16.7. The van der Waals surface area contributed by atoms with Gasteiger partial charge in [-0.05, 0) is 13.3 Å². The predicted molar refractivity (Wildman–Crippen MR) is 49.5 cm³/mol. The molecule has 1 heterocycles. The Bertz CT molecular complexity index is 108. The van der Waals surface area contributed by atoms with Crippen LogP contribution in [0.15, 0.2) is 0 Å². The molecule has 0 aromatic carbocycles. The maximum absolute atomic E-state index is 10.7. The Morgan fingerprint density at radius 1 is 1.60 bits per heavy atom. The van der Waals surface area contributed by atoms with Crippen LogP contribution in [0.25, 0.3) is 0 Å². The van der Waals surface area contributed by atoms with Gasteiger partial charge < -0.3 is 4.90 Å². The zero-order valence-corrected chi connectivity index (χ0v) is 7.87.